The molecule has 0 radical (unpaired) electrons. The van der Waals surface area contributed by atoms with Crippen LogP contribution in [0.5, 0.6) is 0 Å². The molecular weight excluding hydrogens is 364 g/mol. The molecule has 2 aromatic heterocycles. The van der Waals surface area contributed by atoms with Crippen LogP contribution in [0, 0.1) is 0 Å². The van der Waals surface area contributed by atoms with E-state index >= 15 is 0 Å². The molecule has 0 aliphatic heterocycles. The van der Waals surface area contributed by atoms with Gasteiger partial charge in [0.15, 0.2) is 4.80 Å². The molecule has 4 nitrogen and oxygen atoms in total. The van der Waals surface area contributed by atoms with Crippen LogP contribution in [0.15, 0.2) is 46.8 Å². The van der Waals surface area contributed by atoms with Crippen LogP contribution < -0.4 is 4.80 Å². The number of benzene rings is 1. The van der Waals surface area contributed by atoms with Crippen molar-refractivity contribution < 1.29 is 9.53 Å². The quantitative estimate of drug-likeness (QED) is 0.624. The lowest BCUT2D eigenvalue weighted by atomic mass is 10.3. The Labute approximate surface area is 152 Å². The first-order valence-corrected chi connectivity index (χ1v) is 9.33. The highest BCUT2D eigenvalue weighted by Gasteiger charge is 2.10. The second-order valence-electron chi connectivity index (χ2n) is 4.91. The second kappa shape index (κ2) is 7.90. The number of amides is 1. The fraction of sp³-hybridized carbons (Fsp3) is 0.176. The van der Waals surface area contributed by atoms with Gasteiger partial charge in [0.05, 0.1) is 21.8 Å². The molecule has 2 heterocycles. The Hall–Kier alpha value is -1.73. The summed E-state index contributed by atoms with van der Waals surface area (Å²) in [5.74, 6) is -0.294. The Bertz CT molecular complexity index is 939. The number of methoxy groups -OCH3 is 1. The highest BCUT2D eigenvalue weighted by molar-refractivity contribution is 7.16. The lowest BCUT2D eigenvalue weighted by molar-refractivity contribution is -0.113. The zero-order valence-electron chi connectivity index (χ0n) is 12.9. The second-order valence-corrected chi connectivity index (χ2v) is 7.31. The Morgan fingerprint density at radius 3 is 3.00 bits per heavy atom. The number of hydrogen-bond acceptors (Lipinski definition) is 4. The first-order valence-electron chi connectivity index (χ1n) is 7.26. The van der Waals surface area contributed by atoms with Crippen LogP contribution in [0.1, 0.15) is 4.88 Å². The number of thiazole rings is 1. The van der Waals surface area contributed by atoms with Gasteiger partial charge in [0, 0.05) is 24.6 Å². The fourth-order valence-electron chi connectivity index (χ4n) is 2.23. The molecule has 24 heavy (non-hydrogen) atoms. The van der Waals surface area contributed by atoms with Gasteiger partial charge in [-0.3, -0.25) is 4.79 Å². The highest BCUT2D eigenvalue weighted by atomic mass is 35.5. The van der Waals surface area contributed by atoms with Gasteiger partial charge in [0.1, 0.15) is 0 Å². The van der Waals surface area contributed by atoms with Crippen LogP contribution in [0.4, 0.5) is 0 Å². The third kappa shape index (κ3) is 3.84. The molecule has 7 heteroatoms. The Morgan fingerprint density at radius 2 is 2.25 bits per heavy atom. The molecule has 0 atom stereocenters. The number of carbonyl (C=O) groups is 1. The normalized spacial score (nSPS) is 12.5. The SMILES string of the molecule is COCCn1c(=NC(=O)C=Cc2cccs2)sc2cccc(Cl)c21. The first-order chi connectivity index (χ1) is 11.7. The summed E-state index contributed by atoms with van der Waals surface area (Å²) in [6, 6.07) is 9.59. The number of fused-ring (bicyclic) bond motifs is 1. The smallest absolute Gasteiger partial charge is 0.272 e. The van der Waals surface area contributed by atoms with E-state index in [-0.39, 0.29) is 5.91 Å². The summed E-state index contributed by atoms with van der Waals surface area (Å²) in [5, 5.41) is 2.61. The van der Waals surface area contributed by atoms with E-state index in [9.17, 15) is 4.79 Å². The molecule has 1 amide bonds. The molecule has 0 bridgehead atoms. The number of thiophene rings is 1. The summed E-state index contributed by atoms with van der Waals surface area (Å²) in [7, 11) is 1.64. The van der Waals surface area contributed by atoms with Crippen LogP contribution in [0.25, 0.3) is 16.3 Å². The zero-order valence-corrected chi connectivity index (χ0v) is 15.3. The van der Waals surface area contributed by atoms with Crippen molar-refractivity contribution in [2.24, 2.45) is 4.99 Å². The minimum Gasteiger partial charge on any atom is -0.383 e. The molecule has 1 aromatic carbocycles. The summed E-state index contributed by atoms with van der Waals surface area (Å²) in [4.78, 5) is 18.1. The molecule has 0 saturated carbocycles. The predicted molar refractivity (Wildman–Crippen MR) is 101 cm³/mol. The Morgan fingerprint density at radius 1 is 1.38 bits per heavy atom. The number of carbonyl (C=O) groups excluding carboxylic acids is 1. The van der Waals surface area contributed by atoms with Gasteiger partial charge in [0.2, 0.25) is 0 Å². The molecule has 0 fully saturated rings. The van der Waals surface area contributed by atoms with E-state index in [0.717, 1.165) is 15.1 Å². The maximum absolute atomic E-state index is 12.2. The lowest BCUT2D eigenvalue weighted by Crippen LogP contribution is -2.19. The molecule has 0 unspecified atom stereocenters. The molecule has 0 aliphatic carbocycles. The van der Waals surface area contributed by atoms with Gasteiger partial charge in [-0.25, -0.2) is 0 Å². The van der Waals surface area contributed by atoms with Crippen molar-refractivity contribution in [2.75, 3.05) is 13.7 Å². The van der Waals surface area contributed by atoms with E-state index < -0.39 is 0 Å². The van der Waals surface area contributed by atoms with Crippen molar-refractivity contribution >= 4 is 56.5 Å². The standard InChI is InChI=1S/C17H15ClN2O2S2/c1-22-10-9-20-16-13(18)5-2-6-14(16)24-17(20)19-15(21)8-7-12-4-3-11-23-12/h2-8,11H,9-10H2,1H3. The van der Waals surface area contributed by atoms with E-state index in [1.165, 1.54) is 17.4 Å². The third-order valence-corrected chi connectivity index (χ3v) is 5.50. The van der Waals surface area contributed by atoms with Crippen molar-refractivity contribution in [3.05, 3.63) is 56.5 Å². The van der Waals surface area contributed by atoms with Gasteiger partial charge in [-0.05, 0) is 29.7 Å². The summed E-state index contributed by atoms with van der Waals surface area (Å²) in [6.07, 6.45) is 3.26. The molecule has 3 aromatic rings. The number of rotatable bonds is 5. The van der Waals surface area contributed by atoms with Crippen molar-refractivity contribution in [2.45, 2.75) is 6.54 Å². The fourth-order valence-corrected chi connectivity index (χ4v) is 4.27. The van der Waals surface area contributed by atoms with E-state index in [1.54, 1.807) is 24.5 Å². The molecular formula is C17H15ClN2O2S2. The topological polar surface area (TPSA) is 43.6 Å². The Balaban J connectivity index is 2.00. The number of para-hydroxylation sites is 1. The summed E-state index contributed by atoms with van der Waals surface area (Å²) >= 11 is 9.34. The molecule has 0 N–H and O–H groups in total. The van der Waals surface area contributed by atoms with Crippen molar-refractivity contribution in [3.8, 4) is 0 Å². The molecule has 0 spiro atoms. The molecule has 0 aliphatic rings. The van der Waals surface area contributed by atoms with Gasteiger partial charge < -0.3 is 9.30 Å². The van der Waals surface area contributed by atoms with Crippen LogP contribution in [-0.4, -0.2) is 24.2 Å². The number of aromatic nitrogens is 1. The van der Waals surface area contributed by atoms with Crippen LogP contribution in [-0.2, 0) is 16.1 Å². The van der Waals surface area contributed by atoms with Crippen molar-refractivity contribution in [1.82, 2.24) is 4.57 Å². The van der Waals surface area contributed by atoms with Crippen LogP contribution in [0.3, 0.4) is 0 Å². The lowest BCUT2D eigenvalue weighted by Gasteiger charge is -2.05. The summed E-state index contributed by atoms with van der Waals surface area (Å²) in [6.45, 7) is 1.10. The van der Waals surface area contributed by atoms with Crippen LogP contribution in [0.2, 0.25) is 5.02 Å². The van der Waals surface area contributed by atoms with Gasteiger partial charge in [-0.1, -0.05) is 35.1 Å². The monoisotopic (exact) mass is 378 g/mol. The average Bonchev–Trinajstić information content (AvgIpc) is 3.19. The highest BCUT2D eigenvalue weighted by Crippen LogP contribution is 2.25. The van der Waals surface area contributed by atoms with E-state index in [4.69, 9.17) is 16.3 Å². The maximum Gasteiger partial charge on any atom is 0.272 e. The van der Waals surface area contributed by atoms with Gasteiger partial charge >= 0.3 is 0 Å². The van der Waals surface area contributed by atoms with E-state index in [2.05, 4.69) is 4.99 Å². The van der Waals surface area contributed by atoms with Gasteiger partial charge in [0.25, 0.3) is 5.91 Å². The largest absolute Gasteiger partial charge is 0.383 e. The first kappa shape index (κ1) is 17.1. The maximum atomic E-state index is 12.2. The van der Waals surface area contributed by atoms with Crippen molar-refractivity contribution in [3.63, 3.8) is 0 Å². The minimum absolute atomic E-state index is 0.294. The van der Waals surface area contributed by atoms with E-state index in [0.29, 0.717) is 23.0 Å². The van der Waals surface area contributed by atoms with Gasteiger partial charge in [-0.15, -0.1) is 11.3 Å². The predicted octanol–water partition coefficient (Wildman–Crippen LogP) is 4.20. The average molecular weight is 379 g/mol. The van der Waals surface area contributed by atoms with E-state index in [1.807, 2.05) is 40.3 Å². The van der Waals surface area contributed by atoms with Crippen LogP contribution >= 0.6 is 34.3 Å². The molecule has 124 valence electrons. The van der Waals surface area contributed by atoms with Crippen molar-refractivity contribution in [1.29, 1.82) is 0 Å². The number of halogens is 1. The Kier molecular flexibility index (Phi) is 5.63. The molecule has 0 saturated heterocycles. The number of ether oxygens (including phenoxy) is 1. The minimum atomic E-state index is -0.294. The number of hydrogen-bond donors (Lipinski definition) is 0. The summed E-state index contributed by atoms with van der Waals surface area (Å²) in [5.41, 5.74) is 0.884. The molecule has 3 rings (SSSR count). The zero-order chi connectivity index (χ0) is 16.9. The van der Waals surface area contributed by atoms with Gasteiger partial charge in [-0.2, -0.15) is 4.99 Å². The third-order valence-electron chi connectivity index (χ3n) is 3.31. The number of nitrogens with zero attached hydrogens (tertiary/aromatic N) is 2. The summed E-state index contributed by atoms with van der Waals surface area (Å²) < 4.78 is 8.09.